The van der Waals surface area contributed by atoms with Crippen LogP contribution in [0.1, 0.15) is 37.7 Å². The number of aromatic nitrogens is 3. The zero-order valence-electron chi connectivity index (χ0n) is 11.8. The minimum atomic E-state index is 0.0102. The first-order chi connectivity index (χ1) is 8.91. The molecule has 0 aliphatic heterocycles. The maximum atomic E-state index is 6.94. The zero-order valence-corrected chi connectivity index (χ0v) is 11.8. The molecule has 0 fully saturated rings. The minimum absolute atomic E-state index is 0.0102. The lowest BCUT2D eigenvalue weighted by atomic mass is 9.91. The molecule has 0 bridgehead atoms. The average Bonchev–Trinajstić information content (AvgIpc) is 2.72. The largest absolute Gasteiger partial charge is 0.245 e. The van der Waals surface area contributed by atoms with Gasteiger partial charge < -0.3 is 0 Å². The zero-order chi connectivity index (χ0) is 14.0. The normalized spacial score (nSPS) is 11.3. The first-order valence-electron chi connectivity index (χ1n) is 6.29. The summed E-state index contributed by atoms with van der Waals surface area (Å²) < 4.78 is 1.91. The van der Waals surface area contributed by atoms with Gasteiger partial charge in [0.15, 0.2) is 5.69 Å². The van der Waals surface area contributed by atoms with Gasteiger partial charge >= 0.3 is 0 Å². The summed E-state index contributed by atoms with van der Waals surface area (Å²) in [5.74, 6) is 0. The van der Waals surface area contributed by atoms with Crippen LogP contribution in [-0.4, -0.2) is 15.0 Å². The Kier molecular flexibility index (Phi) is 3.39. The highest BCUT2D eigenvalue weighted by Gasteiger charge is 2.21. The Morgan fingerprint density at radius 2 is 1.84 bits per heavy atom. The van der Waals surface area contributed by atoms with Gasteiger partial charge in [-0.05, 0) is 12.5 Å². The lowest BCUT2D eigenvalue weighted by molar-refractivity contribution is 0.563. The van der Waals surface area contributed by atoms with Gasteiger partial charge in [-0.25, -0.2) is 9.53 Å². The monoisotopic (exact) mass is 254 g/mol. The molecule has 4 heteroatoms. The van der Waals surface area contributed by atoms with E-state index in [1.807, 2.05) is 35.9 Å². The van der Waals surface area contributed by atoms with Crippen molar-refractivity contribution in [3.05, 3.63) is 52.6 Å². The number of hydrogen-bond donors (Lipinski definition) is 0. The predicted molar refractivity (Wildman–Crippen MR) is 75.3 cm³/mol. The van der Waals surface area contributed by atoms with Gasteiger partial charge in [-0.15, -0.1) is 5.10 Å². The highest BCUT2D eigenvalue weighted by molar-refractivity contribution is 5.45. The number of rotatable bonds is 2. The summed E-state index contributed by atoms with van der Waals surface area (Å²) in [6.07, 6.45) is 0. The van der Waals surface area contributed by atoms with E-state index in [1.54, 1.807) is 0 Å². The van der Waals surface area contributed by atoms with Gasteiger partial charge in [-0.1, -0.05) is 50.3 Å². The van der Waals surface area contributed by atoms with Crippen LogP contribution in [0.4, 0.5) is 5.69 Å². The molecule has 0 radical (unpaired) electrons. The molecule has 2 rings (SSSR count). The Hall–Kier alpha value is -2.15. The topological polar surface area (TPSA) is 35.1 Å². The summed E-state index contributed by atoms with van der Waals surface area (Å²) >= 11 is 0. The molecule has 0 aliphatic carbocycles. The fraction of sp³-hybridized carbons (Fsp3) is 0.400. The van der Waals surface area contributed by atoms with Gasteiger partial charge in [0.25, 0.3) is 0 Å². The van der Waals surface area contributed by atoms with Crippen LogP contribution < -0.4 is 0 Å². The molecule has 0 amide bonds. The van der Waals surface area contributed by atoms with E-state index in [2.05, 4.69) is 35.9 Å². The van der Waals surface area contributed by atoms with Crippen molar-refractivity contribution < 1.29 is 0 Å². The molecule has 2 aromatic rings. The van der Waals surface area contributed by atoms with Gasteiger partial charge in [0.05, 0.1) is 24.5 Å². The second kappa shape index (κ2) is 4.85. The van der Waals surface area contributed by atoms with Crippen molar-refractivity contribution in [1.29, 1.82) is 0 Å². The van der Waals surface area contributed by atoms with Crippen LogP contribution in [-0.2, 0) is 12.0 Å². The Labute approximate surface area is 113 Å². The fourth-order valence-electron chi connectivity index (χ4n) is 2.05. The Balaban J connectivity index is 2.24. The van der Waals surface area contributed by atoms with Gasteiger partial charge in [0.1, 0.15) is 0 Å². The molecule has 98 valence electrons. The van der Waals surface area contributed by atoms with Gasteiger partial charge in [0.2, 0.25) is 0 Å². The third kappa shape index (κ3) is 2.82. The van der Waals surface area contributed by atoms with Crippen molar-refractivity contribution in [2.24, 2.45) is 0 Å². The van der Waals surface area contributed by atoms with Crippen LogP contribution in [0.25, 0.3) is 4.85 Å². The smallest absolute Gasteiger partial charge is 0.187 e. The second-order valence-corrected chi connectivity index (χ2v) is 5.71. The van der Waals surface area contributed by atoms with E-state index < -0.39 is 0 Å². The third-order valence-corrected chi connectivity index (χ3v) is 3.09. The Morgan fingerprint density at radius 3 is 2.32 bits per heavy atom. The van der Waals surface area contributed by atoms with Crippen LogP contribution in [0.3, 0.4) is 0 Å². The summed E-state index contributed by atoms with van der Waals surface area (Å²) in [6, 6.07) is 7.59. The van der Waals surface area contributed by atoms with Crippen LogP contribution in [0.5, 0.6) is 0 Å². The summed E-state index contributed by atoms with van der Waals surface area (Å²) in [5.41, 5.74) is 3.93. The molecule has 1 aromatic heterocycles. The van der Waals surface area contributed by atoms with Crippen LogP contribution in [0.2, 0.25) is 0 Å². The predicted octanol–water partition coefficient (Wildman–Crippen LogP) is 3.48. The summed E-state index contributed by atoms with van der Waals surface area (Å²) in [4.78, 5) is 3.39. The molecule has 1 heterocycles. The molecule has 1 aromatic carbocycles. The first kappa shape index (κ1) is 13.3. The van der Waals surface area contributed by atoms with Crippen molar-refractivity contribution in [1.82, 2.24) is 15.0 Å². The van der Waals surface area contributed by atoms with Crippen LogP contribution in [0, 0.1) is 13.5 Å². The van der Waals surface area contributed by atoms with Gasteiger partial charge in [0, 0.05) is 5.41 Å². The van der Waals surface area contributed by atoms with Crippen molar-refractivity contribution in [2.75, 3.05) is 0 Å². The van der Waals surface area contributed by atoms with Crippen molar-refractivity contribution in [2.45, 2.75) is 39.7 Å². The second-order valence-electron chi connectivity index (χ2n) is 5.71. The van der Waals surface area contributed by atoms with Crippen molar-refractivity contribution >= 4 is 5.69 Å². The van der Waals surface area contributed by atoms with E-state index in [1.165, 1.54) is 0 Å². The highest BCUT2D eigenvalue weighted by atomic mass is 15.4. The van der Waals surface area contributed by atoms with Crippen molar-refractivity contribution in [3.8, 4) is 0 Å². The molecule has 0 spiro atoms. The Bertz CT molecular complexity index is 609. The van der Waals surface area contributed by atoms with E-state index in [4.69, 9.17) is 6.57 Å². The molecular weight excluding hydrogens is 236 g/mol. The lowest BCUT2D eigenvalue weighted by Crippen LogP contribution is -2.14. The number of nitrogens with zero attached hydrogens (tertiary/aromatic N) is 4. The maximum absolute atomic E-state index is 6.94. The molecule has 0 N–H and O–H groups in total. The molecule has 4 nitrogen and oxygen atoms in total. The van der Waals surface area contributed by atoms with Crippen LogP contribution >= 0.6 is 0 Å². The van der Waals surface area contributed by atoms with E-state index in [9.17, 15) is 0 Å². The van der Waals surface area contributed by atoms with E-state index >= 15 is 0 Å². The fourth-order valence-corrected chi connectivity index (χ4v) is 2.05. The van der Waals surface area contributed by atoms with E-state index in [0.717, 1.165) is 17.0 Å². The number of hydrogen-bond acceptors (Lipinski definition) is 2. The highest BCUT2D eigenvalue weighted by Crippen LogP contribution is 2.23. The molecule has 19 heavy (non-hydrogen) atoms. The molecular formula is C15H18N4. The van der Waals surface area contributed by atoms with Crippen molar-refractivity contribution in [3.63, 3.8) is 0 Å². The quantitative estimate of drug-likeness (QED) is 0.769. The average molecular weight is 254 g/mol. The van der Waals surface area contributed by atoms with E-state index in [0.29, 0.717) is 12.2 Å². The molecule has 0 aliphatic rings. The molecule has 0 saturated carbocycles. The molecule has 0 atom stereocenters. The summed E-state index contributed by atoms with van der Waals surface area (Å²) in [7, 11) is 0. The van der Waals surface area contributed by atoms with Gasteiger partial charge in [-0.3, -0.25) is 0 Å². The third-order valence-electron chi connectivity index (χ3n) is 3.09. The molecule has 0 saturated heterocycles. The lowest BCUT2D eigenvalue weighted by Gasteiger charge is -2.15. The van der Waals surface area contributed by atoms with E-state index in [-0.39, 0.29) is 5.41 Å². The standard InChI is InChI=1S/C15H18N4/c1-11-14(15(2,3)4)17-18-19(11)10-12-6-8-13(16-5)9-7-12/h6-9H,10H2,1-4H3. The summed E-state index contributed by atoms with van der Waals surface area (Å²) in [6.45, 7) is 16.1. The Morgan fingerprint density at radius 1 is 1.21 bits per heavy atom. The minimum Gasteiger partial charge on any atom is -0.245 e. The first-order valence-corrected chi connectivity index (χ1v) is 6.29. The number of benzene rings is 1. The summed E-state index contributed by atoms with van der Waals surface area (Å²) in [5, 5.41) is 8.51. The molecule has 0 unspecified atom stereocenters. The van der Waals surface area contributed by atoms with Gasteiger partial charge in [-0.2, -0.15) is 0 Å². The van der Waals surface area contributed by atoms with Crippen LogP contribution in [0.15, 0.2) is 24.3 Å². The SMILES string of the molecule is [C-]#[N+]c1ccc(Cn2nnc(C(C)(C)C)c2C)cc1. The maximum Gasteiger partial charge on any atom is 0.187 e.